The molecule has 0 atom stereocenters. The molecule has 9 heteroatoms. The lowest BCUT2D eigenvalue weighted by atomic mass is 10.3. The molecule has 0 radical (unpaired) electrons. The molecule has 0 spiro atoms. The lowest BCUT2D eigenvalue weighted by Gasteiger charge is -2.33. The summed E-state index contributed by atoms with van der Waals surface area (Å²) in [5.74, 6) is 0.404. The number of hydrogen-bond acceptors (Lipinski definition) is 7. The quantitative estimate of drug-likeness (QED) is 0.827. The second-order valence-electron chi connectivity index (χ2n) is 4.92. The van der Waals surface area contributed by atoms with Crippen LogP contribution in [0.2, 0.25) is 0 Å². The van der Waals surface area contributed by atoms with E-state index in [4.69, 9.17) is 4.42 Å². The van der Waals surface area contributed by atoms with Gasteiger partial charge in [0.1, 0.15) is 5.69 Å². The van der Waals surface area contributed by atoms with Gasteiger partial charge in [-0.15, -0.1) is 5.10 Å². The highest BCUT2D eigenvalue weighted by atomic mass is 16.4. The Hall–Kier alpha value is -2.71. The van der Waals surface area contributed by atoms with Crippen LogP contribution in [0, 0.1) is 0 Å². The molecule has 22 heavy (non-hydrogen) atoms. The minimum atomic E-state index is -0.329. The number of anilines is 1. The summed E-state index contributed by atoms with van der Waals surface area (Å²) in [7, 11) is 0. The van der Waals surface area contributed by atoms with Gasteiger partial charge in [-0.2, -0.15) is 5.10 Å². The normalized spacial score (nSPS) is 15.1. The summed E-state index contributed by atoms with van der Waals surface area (Å²) >= 11 is 0. The SMILES string of the molecule is CCc1nnc(N2CCN(C(=O)c3ccc(=O)[nH]n3)CC2)o1. The van der Waals surface area contributed by atoms with Crippen molar-refractivity contribution < 1.29 is 9.21 Å². The first-order valence-electron chi connectivity index (χ1n) is 7.09. The second-order valence-corrected chi connectivity index (χ2v) is 4.92. The molecule has 116 valence electrons. The number of H-pyrrole nitrogens is 1. The Kier molecular flexibility index (Phi) is 3.86. The van der Waals surface area contributed by atoms with E-state index in [2.05, 4.69) is 20.4 Å². The number of nitrogens with zero attached hydrogens (tertiary/aromatic N) is 5. The third-order valence-electron chi connectivity index (χ3n) is 3.49. The summed E-state index contributed by atoms with van der Waals surface area (Å²) in [4.78, 5) is 26.9. The summed E-state index contributed by atoms with van der Waals surface area (Å²) in [6.07, 6.45) is 0.698. The molecule has 0 saturated carbocycles. The Balaban J connectivity index is 1.62. The van der Waals surface area contributed by atoms with Gasteiger partial charge >= 0.3 is 6.01 Å². The van der Waals surface area contributed by atoms with Gasteiger partial charge in [-0.3, -0.25) is 9.59 Å². The number of amides is 1. The van der Waals surface area contributed by atoms with Gasteiger partial charge in [0.15, 0.2) is 0 Å². The second kappa shape index (κ2) is 5.96. The zero-order chi connectivity index (χ0) is 15.5. The molecular weight excluding hydrogens is 288 g/mol. The molecule has 2 aromatic heterocycles. The molecule has 1 aliphatic rings. The lowest BCUT2D eigenvalue weighted by Crippen LogP contribution is -2.49. The Labute approximate surface area is 125 Å². The lowest BCUT2D eigenvalue weighted by molar-refractivity contribution is 0.0737. The third-order valence-corrected chi connectivity index (χ3v) is 3.49. The Morgan fingerprint density at radius 2 is 2.05 bits per heavy atom. The van der Waals surface area contributed by atoms with Crippen molar-refractivity contribution in [2.45, 2.75) is 13.3 Å². The Morgan fingerprint density at radius 3 is 2.64 bits per heavy atom. The Morgan fingerprint density at radius 1 is 1.27 bits per heavy atom. The van der Waals surface area contributed by atoms with Gasteiger partial charge in [-0.25, -0.2) is 5.10 Å². The monoisotopic (exact) mass is 304 g/mol. The van der Waals surface area contributed by atoms with E-state index in [1.165, 1.54) is 12.1 Å². The topological polar surface area (TPSA) is 108 Å². The molecule has 0 aliphatic carbocycles. The molecular formula is C13H16N6O3. The van der Waals surface area contributed by atoms with Crippen LogP contribution in [-0.2, 0) is 6.42 Å². The standard InChI is InChI=1S/C13H16N6O3/c1-2-11-16-17-13(22-11)19-7-5-18(6-8-19)12(21)9-3-4-10(20)15-14-9/h3-4H,2,5-8H2,1H3,(H,15,20). The van der Waals surface area contributed by atoms with Crippen LogP contribution in [0.3, 0.4) is 0 Å². The summed E-state index contributed by atoms with van der Waals surface area (Å²) in [6.45, 7) is 4.24. The first-order chi connectivity index (χ1) is 10.7. The van der Waals surface area contributed by atoms with E-state index in [0.29, 0.717) is 44.5 Å². The largest absolute Gasteiger partial charge is 0.408 e. The number of piperazine rings is 1. The fraction of sp³-hybridized carbons (Fsp3) is 0.462. The predicted molar refractivity (Wildman–Crippen MR) is 76.7 cm³/mol. The molecule has 1 aliphatic heterocycles. The number of aromatic amines is 1. The molecule has 0 unspecified atom stereocenters. The van der Waals surface area contributed by atoms with E-state index in [1.807, 2.05) is 11.8 Å². The summed E-state index contributed by atoms with van der Waals surface area (Å²) in [5, 5.41) is 14.0. The molecule has 3 rings (SSSR count). The van der Waals surface area contributed by atoms with E-state index < -0.39 is 0 Å². The fourth-order valence-electron chi connectivity index (χ4n) is 2.24. The van der Waals surface area contributed by atoms with Crippen LogP contribution < -0.4 is 10.5 Å². The van der Waals surface area contributed by atoms with Crippen molar-refractivity contribution in [2.24, 2.45) is 0 Å². The average molecular weight is 304 g/mol. The van der Waals surface area contributed by atoms with Crippen molar-refractivity contribution in [2.75, 3.05) is 31.1 Å². The van der Waals surface area contributed by atoms with Crippen LogP contribution in [0.5, 0.6) is 0 Å². The summed E-state index contributed by atoms with van der Waals surface area (Å²) in [5.41, 5.74) is -0.0939. The molecule has 1 amide bonds. The minimum absolute atomic E-state index is 0.198. The van der Waals surface area contributed by atoms with E-state index in [-0.39, 0.29) is 17.2 Å². The van der Waals surface area contributed by atoms with E-state index in [0.717, 1.165) is 0 Å². The van der Waals surface area contributed by atoms with Crippen LogP contribution in [0.15, 0.2) is 21.3 Å². The molecule has 1 saturated heterocycles. The number of aromatic nitrogens is 4. The maximum absolute atomic E-state index is 12.3. The predicted octanol–water partition coefficient (Wildman–Crippen LogP) is -0.322. The van der Waals surface area contributed by atoms with Crippen molar-refractivity contribution in [1.82, 2.24) is 25.3 Å². The zero-order valence-corrected chi connectivity index (χ0v) is 12.2. The van der Waals surface area contributed by atoms with Crippen LogP contribution >= 0.6 is 0 Å². The maximum atomic E-state index is 12.3. The van der Waals surface area contributed by atoms with Crippen molar-refractivity contribution in [3.05, 3.63) is 34.1 Å². The zero-order valence-electron chi connectivity index (χ0n) is 12.2. The highest BCUT2D eigenvalue weighted by molar-refractivity contribution is 5.92. The highest BCUT2D eigenvalue weighted by Crippen LogP contribution is 2.15. The number of carbonyl (C=O) groups is 1. The number of nitrogens with one attached hydrogen (secondary N) is 1. The van der Waals surface area contributed by atoms with Gasteiger partial charge in [0.2, 0.25) is 5.89 Å². The number of rotatable bonds is 3. The van der Waals surface area contributed by atoms with E-state index >= 15 is 0 Å². The van der Waals surface area contributed by atoms with Crippen LogP contribution in [0.25, 0.3) is 0 Å². The fourth-order valence-corrected chi connectivity index (χ4v) is 2.24. The van der Waals surface area contributed by atoms with Crippen LogP contribution in [-0.4, -0.2) is 57.4 Å². The Bertz CT molecular complexity index is 696. The van der Waals surface area contributed by atoms with Gasteiger partial charge < -0.3 is 14.2 Å². The smallest absolute Gasteiger partial charge is 0.318 e. The molecule has 1 fully saturated rings. The maximum Gasteiger partial charge on any atom is 0.318 e. The first-order valence-corrected chi connectivity index (χ1v) is 7.09. The van der Waals surface area contributed by atoms with Gasteiger partial charge in [0.05, 0.1) is 0 Å². The molecule has 0 bridgehead atoms. The number of carbonyl (C=O) groups excluding carboxylic acids is 1. The van der Waals surface area contributed by atoms with Crippen molar-refractivity contribution in [1.29, 1.82) is 0 Å². The molecule has 0 aromatic carbocycles. The molecule has 9 nitrogen and oxygen atoms in total. The van der Waals surface area contributed by atoms with Crippen LogP contribution in [0.4, 0.5) is 6.01 Å². The van der Waals surface area contributed by atoms with Gasteiger partial charge in [0.25, 0.3) is 11.5 Å². The number of aryl methyl sites for hydroxylation is 1. The van der Waals surface area contributed by atoms with Gasteiger partial charge in [-0.1, -0.05) is 12.0 Å². The van der Waals surface area contributed by atoms with Crippen molar-refractivity contribution in [3.63, 3.8) is 0 Å². The summed E-state index contributed by atoms with van der Waals surface area (Å²) in [6, 6.07) is 3.21. The van der Waals surface area contributed by atoms with Gasteiger partial charge in [-0.05, 0) is 6.07 Å². The van der Waals surface area contributed by atoms with Crippen LogP contribution in [0.1, 0.15) is 23.3 Å². The first kappa shape index (κ1) is 14.2. The van der Waals surface area contributed by atoms with E-state index in [9.17, 15) is 9.59 Å². The third kappa shape index (κ3) is 2.83. The summed E-state index contributed by atoms with van der Waals surface area (Å²) < 4.78 is 5.51. The minimum Gasteiger partial charge on any atom is -0.408 e. The number of hydrogen-bond donors (Lipinski definition) is 1. The highest BCUT2D eigenvalue weighted by Gasteiger charge is 2.25. The molecule has 1 N–H and O–H groups in total. The van der Waals surface area contributed by atoms with Crippen molar-refractivity contribution in [3.8, 4) is 0 Å². The van der Waals surface area contributed by atoms with Crippen molar-refractivity contribution >= 4 is 11.9 Å². The van der Waals surface area contributed by atoms with E-state index in [1.54, 1.807) is 4.90 Å². The van der Waals surface area contributed by atoms with Gasteiger partial charge in [0, 0.05) is 38.7 Å². The average Bonchev–Trinajstić information content (AvgIpc) is 3.04. The molecule has 3 heterocycles. The molecule has 2 aromatic rings.